The normalized spacial score (nSPS) is 11.9. The molecule has 0 spiro atoms. The van der Waals surface area contributed by atoms with Gasteiger partial charge in [-0.15, -0.1) is 5.10 Å². The summed E-state index contributed by atoms with van der Waals surface area (Å²) in [5.41, 5.74) is 3.05. The summed E-state index contributed by atoms with van der Waals surface area (Å²) in [5.74, 6) is 0.359. The van der Waals surface area contributed by atoms with Gasteiger partial charge in [-0.2, -0.15) is 4.68 Å². The van der Waals surface area contributed by atoms with Gasteiger partial charge in [0.2, 0.25) is 5.91 Å². The Morgan fingerprint density at radius 2 is 1.80 bits per heavy atom. The molecule has 1 unspecified atom stereocenters. The second kappa shape index (κ2) is 9.30. The van der Waals surface area contributed by atoms with Crippen LogP contribution in [0.4, 0.5) is 5.69 Å². The van der Waals surface area contributed by atoms with Crippen LogP contribution in [-0.2, 0) is 9.59 Å². The monoisotopic (exact) mass is 406 g/mol. The summed E-state index contributed by atoms with van der Waals surface area (Å²) in [6.45, 7) is 7.68. The number of rotatable bonds is 7. The van der Waals surface area contributed by atoms with Crippen LogP contribution >= 0.6 is 0 Å². The SMILES string of the molecule is Cc1ccc(NC(=O)C(NC(=O)CC(C)C)c2ccccc2)cc1-n1nnnc1C. The molecule has 0 bridgehead atoms. The summed E-state index contributed by atoms with van der Waals surface area (Å²) in [6.07, 6.45) is 0.351. The number of benzene rings is 2. The summed E-state index contributed by atoms with van der Waals surface area (Å²) in [4.78, 5) is 25.5. The summed E-state index contributed by atoms with van der Waals surface area (Å²) >= 11 is 0. The molecule has 3 rings (SSSR count). The zero-order valence-corrected chi connectivity index (χ0v) is 17.6. The minimum Gasteiger partial charge on any atom is -0.341 e. The zero-order valence-electron chi connectivity index (χ0n) is 17.6. The second-order valence-electron chi connectivity index (χ2n) is 7.64. The molecule has 2 amide bonds. The third-order valence-corrected chi connectivity index (χ3v) is 4.62. The predicted molar refractivity (Wildman–Crippen MR) is 114 cm³/mol. The number of aromatic nitrogens is 4. The fourth-order valence-electron chi connectivity index (χ4n) is 3.12. The molecule has 1 heterocycles. The van der Waals surface area contributed by atoms with E-state index in [1.165, 1.54) is 0 Å². The van der Waals surface area contributed by atoms with E-state index in [9.17, 15) is 9.59 Å². The van der Waals surface area contributed by atoms with Gasteiger partial charge < -0.3 is 10.6 Å². The van der Waals surface area contributed by atoms with Gasteiger partial charge in [0.1, 0.15) is 6.04 Å². The molecule has 0 saturated heterocycles. The maximum atomic E-state index is 13.1. The number of aryl methyl sites for hydroxylation is 2. The van der Waals surface area contributed by atoms with E-state index in [4.69, 9.17) is 0 Å². The van der Waals surface area contributed by atoms with Crippen LogP contribution in [0.2, 0.25) is 0 Å². The molecule has 3 aromatic rings. The van der Waals surface area contributed by atoms with Gasteiger partial charge in [-0.25, -0.2) is 0 Å². The Hall–Kier alpha value is -3.55. The molecule has 0 radical (unpaired) electrons. The molecule has 1 atom stereocenters. The summed E-state index contributed by atoms with van der Waals surface area (Å²) in [5, 5.41) is 17.4. The highest BCUT2D eigenvalue weighted by molar-refractivity contribution is 5.98. The standard InChI is InChI=1S/C22H26N6O2/c1-14(2)12-20(29)24-21(17-8-6-5-7-9-17)22(30)23-18-11-10-15(3)19(13-18)28-16(4)25-26-27-28/h5-11,13-14,21H,12H2,1-4H3,(H,23,30)(H,24,29). The summed E-state index contributed by atoms with van der Waals surface area (Å²) in [7, 11) is 0. The predicted octanol–water partition coefficient (Wildman–Crippen LogP) is 3.12. The van der Waals surface area contributed by atoms with E-state index >= 15 is 0 Å². The number of carbonyl (C=O) groups is 2. The molecule has 0 aliphatic carbocycles. The highest BCUT2D eigenvalue weighted by atomic mass is 16.2. The molecule has 1 aromatic heterocycles. The maximum Gasteiger partial charge on any atom is 0.251 e. The molecule has 156 valence electrons. The number of nitrogens with zero attached hydrogens (tertiary/aromatic N) is 4. The van der Waals surface area contributed by atoms with Crippen LogP contribution in [-0.4, -0.2) is 32.0 Å². The number of tetrazole rings is 1. The number of amides is 2. The van der Waals surface area contributed by atoms with Gasteiger partial charge in [0.15, 0.2) is 5.82 Å². The lowest BCUT2D eigenvalue weighted by Crippen LogP contribution is -2.37. The van der Waals surface area contributed by atoms with E-state index in [-0.39, 0.29) is 17.7 Å². The zero-order chi connectivity index (χ0) is 21.7. The maximum absolute atomic E-state index is 13.1. The number of anilines is 1. The fraction of sp³-hybridized carbons (Fsp3) is 0.318. The average molecular weight is 406 g/mol. The Morgan fingerprint density at radius 1 is 1.07 bits per heavy atom. The molecule has 0 saturated carbocycles. The highest BCUT2D eigenvalue weighted by Crippen LogP contribution is 2.22. The van der Waals surface area contributed by atoms with Gasteiger partial charge in [0.25, 0.3) is 5.91 Å². The van der Waals surface area contributed by atoms with Crippen molar-refractivity contribution in [2.75, 3.05) is 5.32 Å². The van der Waals surface area contributed by atoms with Gasteiger partial charge in [0, 0.05) is 12.1 Å². The van der Waals surface area contributed by atoms with Crippen LogP contribution in [0.5, 0.6) is 0 Å². The van der Waals surface area contributed by atoms with Crippen LogP contribution in [0.15, 0.2) is 48.5 Å². The quantitative estimate of drug-likeness (QED) is 0.628. The molecular weight excluding hydrogens is 380 g/mol. The molecule has 2 N–H and O–H groups in total. The smallest absolute Gasteiger partial charge is 0.251 e. The third-order valence-electron chi connectivity index (χ3n) is 4.62. The van der Waals surface area contributed by atoms with E-state index in [1.807, 2.05) is 69.3 Å². The number of hydrogen-bond acceptors (Lipinski definition) is 5. The summed E-state index contributed by atoms with van der Waals surface area (Å²) < 4.78 is 1.62. The minimum absolute atomic E-state index is 0.164. The van der Waals surface area contributed by atoms with Crippen molar-refractivity contribution in [2.24, 2.45) is 5.92 Å². The average Bonchev–Trinajstić information content (AvgIpc) is 3.13. The van der Waals surface area contributed by atoms with Crippen LogP contribution < -0.4 is 10.6 Å². The second-order valence-corrected chi connectivity index (χ2v) is 7.64. The van der Waals surface area contributed by atoms with Crippen LogP contribution in [0.3, 0.4) is 0 Å². The molecule has 0 aliphatic rings. The van der Waals surface area contributed by atoms with E-state index in [0.717, 1.165) is 16.8 Å². The first-order valence-electron chi connectivity index (χ1n) is 9.86. The minimum atomic E-state index is -0.794. The first-order chi connectivity index (χ1) is 14.3. The Bertz CT molecular complexity index is 1030. The van der Waals surface area contributed by atoms with E-state index < -0.39 is 6.04 Å². The van der Waals surface area contributed by atoms with E-state index in [2.05, 4.69) is 26.2 Å². The van der Waals surface area contributed by atoms with Crippen LogP contribution in [0.1, 0.15) is 43.3 Å². The van der Waals surface area contributed by atoms with Crippen molar-refractivity contribution in [3.8, 4) is 5.69 Å². The van der Waals surface area contributed by atoms with Gasteiger partial charge in [-0.05, 0) is 53.5 Å². The lowest BCUT2D eigenvalue weighted by atomic mass is 10.0. The molecule has 0 fully saturated rings. The Kier molecular flexibility index (Phi) is 6.56. The van der Waals surface area contributed by atoms with E-state index in [0.29, 0.717) is 17.9 Å². The number of carbonyl (C=O) groups excluding carboxylic acids is 2. The Balaban J connectivity index is 1.85. The Morgan fingerprint density at radius 3 is 2.43 bits per heavy atom. The molecule has 8 heteroatoms. The number of hydrogen-bond donors (Lipinski definition) is 2. The van der Waals surface area contributed by atoms with Crippen LogP contribution in [0.25, 0.3) is 5.69 Å². The fourth-order valence-corrected chi connectivity index (χ4v) is 3.12. The highest BCUT2D eigenvalue weighted by Gasteiger charge is 2.23. The first-order valence-corrected chi connectivity index (χ1v) is 9.86. The van der Waals surface area contributed by atoms with Crippen molar-refractivity contribution in [1.29, 1.82) is 0 Å². The molecule has 2 aromatic carbocycles. The van der Waals surface area contributed by atoms with Gasteiger partial charge in [-0.1, -0.05) is 50.2 Å². The van der Waals surface area contributed by atoms with Crippen molar-refractivity contribution in [1.82, 2.24) is 25.5 Å². The molecular formula is C22H26N6O2. The van der Waals surface area contributed by atoms with Crippen molar-refractivity contribution in [3.05, 3.63) is 65.5 Å². The Labute approximate surface area is 175 Å². The third kappa shape index (κ3) is 5.08. The molecule has 0 aliphatic heterocycles. The molecule has 8 nitrogen and oxygen atoms in total. The number of nitrogens with one attached hydrogen (secondary N) is 2. The van der Waals surface area contributed by atoms with Crippen molar-refractivity contribution in [2.45, 2.75) is 40.2 Å². The van der Waals surface area contributed by atoms with Gasteiger partial charge in [0.05, 0.1) is 5.69 Å². The van der Waals surface area contributed by atoms with Crippen molar-refractivity contribution >= 4 is 17.5 Å². The van der Waals surface area contributed by atoms with Crippen molar-refractivity contribution in [3.63, 3.8) is 0 Å². The topological polar surface area (TPSA) is 102 Å². The molecule has 30 heavy (non-hydrogen) atoms. The largest absolute Gasteiger partial charge is 0.341 e. The lowest BCUT2D eigenvalue weighted by Gasteiger charge is -2.20. The first kappa shape index (κ1) is 21.2. The van der Waals surface area contributed by atoms with E-state index in [1.54, 1.807) is 11.6 Å². The lowest BCUT2D eigenvalue weighted by molar-refractivity contribution is -0.127. The van der Waals surface area contributed by atoms with Gasteiger partial charge in [-0.3, -0.25) is 9.59 Å². The van der Waals surface area contributed by atoms with Gasteiger partial charge >= 0.3 is 0 Å². The summed E-state index contributed by atoms with van der Waals surface area (Å²) in [6, 6.07) is 13.9. The van der Waals surface area contributed by atoms with Crippen LogP contribution in [0, 0.1) is 19.8 Å². The van der Waals surface area contributed by atoms with Crippen molar-refractivity contribution < 1.29 is 9.59 Å².